The molecule has 0 amide bonds. The summed E-state index contributed by atoms with van der Waals surface area (Å²) in [6, 6.07) is 6.55. The van der Waals surface area contributed by atoms with Crippen LogP contribution < -0.4 is 0 Å². The highest BCUT2D eigenvalue weighted by Crippen LogP contribution is 2.36. The van der Waals surface area contributed by atoms with E-state index < -0.39 is 0 Å². The van der Waals surface area contributed by atoms with Crippen LogP contribution in [0, 0.1) is 5.92 Å². The van der Waals surface area contributed by atoms with Crippen molar-refractivity contribution in [2.24, 2.45) is 5.92 Å². The van der Waals surface area contributed by atoms with Crippen molar-refractivity contribution >= 4 is 34.1 Å². The number of nitrogens with zero attached hydrogens (tertiary/aromatic N) is 1. The Morgan fingerprint density at radius 2 is 1.83 bits per heavy atom. The van der Waals surface area contributed by atoms with Crippen molar-refractivity contribution in [3.05, 3.63) is 34.4 Å². The monoisotopic (exact) mass is 281 g/mol. The minimum atomic E-state index is 0.605. The van der Waals surface area contributed by atoms with E-state index in [-0.39, 0.29) is 0 Å². The molecule has 3 rings (SSSR count). The Hall–Kier alpha value is -0.660. The van der Waals surface area contributed by atoms with Gasteiger partial charge in [0.2, 0.25) is 0 Å². The van der Waals surface area contributed by atoms with E-state index in [9.17, 15) is 0 Å². The average molecular weight is 282 g/mol. The summed E-state index contributed by atoms with van der Waals surface area (Å²) in [6.45, 7) is 2.34. The van der Waals surface area contributed by atoms with E-state index in [0.717, 1.165) is 21.3 Å². The fourth-order valence-electron chi connectivity index (χ4n) is 3.02. The van der Waals surface area contributed by atoms with Crippen molar-refractivity contribution in [2.75, 3.05) is 0 Å². The molecule has 0 bridgehead atoms. The van der Waals surface area contributed by atoms with E-state index in [1.807, 2.05) is 12.1 Å². The second kappa shape index (κ2) is 4.79. The first kappa shape index (κ1) is 12.4. The fraction of sp³-hybridized carbons (Fsp3) is 0.467. The van der Waals surface area contributed by atoms with Crippen molar-refractivity contribution in [3.63, 3.8) is 0 Å². The smallest absolute Gasteiger partial charge is 0.0514 e. The van der Waals surface area contributed by atoms with E-state index in [0.29, 0.717) is 6.04 Å². The molecule has 0 spiro atoms. The van der Waals surface area contributed by atoms with Crippen LogP contribution in [0.3, 0.4) is 0 Å². The third-order valence-electron chi connectivity index (χ3n) is 4.13. The molecule has 1 nitrogen and oxygen atoms in total. The van der Waals surface area contributed by atoms with Crippen LogP contribution in [0.25, 0.3) is 10.9 Å². The molecular weight excluding hydrogens is 265 g/mol. The summed E-state index contributed by atoms with van der Waals surface area (Å²) >= 11 is 12.4. The highest BCUT2D eigenvalue weighted by atomic mass is 35.5. The molecule has 1 aliphatic rings. The number of rotatable bonds is 1. The normalized spacial score (nSPS) is 24.6. The first-order valence-corrected chi connectivity index (χ1v) is 7.36. The molecule has 0 atom stereocenters. The minimum Gasteiger partial charge on any atom is -0.344 e. The van der Waals surface area contributed by atoms with Crippen LogP contribution in [-0.4, -0.2) is 4.57 Å². The predicted octanol–water partition coefficient (Wildman–Crippen LogP) is 5.70. The van der Waals surface area contributed by atoms with Gasteiger partial charge in [0.25, 0.3) is 0 Å². The molecule has 1 fully saturated rings. The van der Waals surface area contributed by atoms with Gasteiger partial charge in [0, 0.05) is 22.6 Å². The lowest BCUT2D eigenvalue weighted by molar-refractivity contribution is 0.294. The van der Waals surface area contributed by atoms with Gasteiger partial charge in [0.15, 0.2) is 0 Å². The van der Waals surface area contributed by atoms with Crippen molar-refractivity contribution in [1.29, 1.82) is 0 Å². The van der Waals surface area contributed by atoms with Crippen molar-refractivity contribution in [1.82, 2.24) is 4.57 Å². The Morgan fingerprint density at radius 1 is 1.11 bits per heavy atom. The highest BCUT2D eigenvalue weighted by Gasteiger charge is 2.21. The molecule has 0 radical (unpaired) electrons. The Labute approximate surface area is 118 Å². The van der Waals surface area contributed by atoms with Gasteiger partial charge in [0.05, 0.1) is 10.5 Å². The summed E-state index contributed by atoms with van der Waals surface area (Å²) in [5.41, 5.74) is 1.17. The molecule has 1 aromatic carbocycles. The number of hydrogen-bond acceptors (Lipinski definition) is 0. The lowest BCUT2D eigenvalue weighted by Gasteiger charge is -2.28. The van der Waals surface area contributed by atoms with Gasteiger partial charge in [-0.2, -0.15) is 0 Å². The molecule has 1 aromatic heterocycles. The Morgan fingerprint density at radius 3 is 2.56 bits per heavy atom. The zero-order valence-corrected chi connectivity index (χ0v) is 12.0. The maximum Gasteiger partial charge on any atom is 0.0514 e. The molecule has 0 unspecified atom stereocenters. The molecule has 1 saturated carbocycles. The molecule has 18 heavy (non-hydrogen) atoms. The van der Waals surface area contributed by atoms with Crippen LogP contribution in [0.2, 0.25) is 10.0 Å². The number of benzene rings is 1. The van der Waals surface area contributed by atoms with Gasteiger partial charge < -0.3 is 4.57 Å². The average Bonchev–Trinajstić information content (AvgIpc) is 2.74. The molecule has 96 valence electrons. The second-order valence-corrected chi connectivity index (χ2v) is 6.30. The lowest BCUT2D eigenvalue weighted by Crippen LogP contribution is -2.15. The molecule has 0 saturated heterocycles. The van der Waals surface area contributed by atoms with Crippen LogP contribution in [0.5, 0.6) is 0 Å². The van der Waals surface area contributed by atoms with Gasteiger partial charge in [-0.05, 0) is 49.8 Å². The van der Waals surface area contributed by atoms with Crippen LogP contribution in [-0.2, 0) is 0 Å². The quantitative estimate of drug-likeness (QED) is 0.632. The first-order chi connectivity index (χ1) is 8.65. The molecule has 1 aliphatic carbocycles. The van der Waals surface area contributed by atoms with Crippen LogP contribution in [0.15, 0.2) is 24.4 Å². The summed E-state index contributed by atoms with van der Waals surface area (Å²) in [6.07, 6.45) is 7.31. The van der Waals surface area contributed by atoms with E-state index in [1.54, 1.807) is 0 Å². The van der Waals surface area contributed by atoms with Gasteiger partial charge >= 0.3 is 0 Å². The van der Waals surface area contributed by atoms with Gasteiger partial charge in [-0.15, -0.1) is 0 Å². The molecule has 1 heterocycles. The van der Waals surface area contributed by atoms with Gasteiger partial charge in [-0.1, -0.05) is 30.1 Å². The predicted molar refractivity (Wildman–Crippen MR) is 78.6 cm³/mol. The van der Waals surface area contributed by atoms with Crippen molar-refractivity contribution < 1.29 is 0 Å². The molecule has 2 aromatic rings. The lowest BCUT2D eigenvalue weighted by atomic mass is 9.87. The van der Waals surface area contributed by atoms with Gasteiger partial charge in [-0.25, -0.2) is 0 Å². The third-order valence-corrected chi connectivity index (χ3v) is 4.66. The topological polar surface area (TPSA) is 4.93 Å². The van der Waals surface area contributed by atoms with E-state index >= 15 is 0 Å². The first-order valence-electron chi connectivity index (χ1n) is 6.61. The van der Waals surface area contributed by atoms with Gasteiger partial charge in [-0.3, -0.25) is 0 Å². The summed E-state index contributed by atoms with van der Waals surface area (Å²) in [4.78, 5) is 0. The summed E-state index contributed by atoms with van der Waals surface area (Å²) in [7, 11) is 0. The molecule has 0 N–H and O–H groups in total. The highest BCUT2D eigenvalue weighted by molar-refractivity contribution is 6.38. The Bertz CT molecular complexity index is 565. The van der Waals surface area contributed by atoms with E-state index in [4.69, 9.17) is 23.2 Å². The molecule has 3 heteroatoms. The zero-order chi connectivity index (χ0) is 12.7. The fourth-order valence-corrected chi connectivity index (χ4v) is 3.57. The summed E-state index contributed by atoms with van der Waals surface area (Å²) < 4.78 is 2.36. The van der Waals surface area contributed by atoms with Crippen molar-refractivity contribution in [2.45, 2.75) is 38.6 Å². The largest absolute Gasteiger partial charge is 0.344 e. The standard InChI is InChI=1S/C15H17Cl2N/c1-10-2-4-12(5-3-10)18-7-6-13-14(17)8-11(16)9-15(13)18/h6-10,12H,2-5H2,1H3. The van der Waals surface area contributed by atoms with E-state index in [2.05, 4.69) is 23.8 Å². The minimum absolute atomic E-state index is 0.605. The van der Waals surface area contributed by atoms with Crippen LogP contribution in [0.1, 0.15) is 38.6 Å². The molecule has 0 aliphatic heterocycles. The number of halogens is 2. The number of hydrogen-bond donors (Lipinski definition) is 0. The summed E-state index contributed by atoms with van der Waals surface area (Å²) in [5.74, 6) is 0.871. The number of fused-ring (bicyclic) bond motifs is 1. The molecular formula is C15H17Cl2N. The zero-order valence-electron chi connectivity index (χ0n) is 10.5. The van der Waals surface area contributed by atoms with Crippen LogP contribution in [0.4, 0.5) is 0 Å². The van der Waals surface area contributed by atoms with E-state index in [1.165, 1.54) is 31.2 Å². The number of aromatic nitrogens is 1. The second-order valence-electron chi connectivity index (χ2n) is 5.46. The Kier molecular flexibility index (Phi) is 3.29. The van der Waals surface area contributed by atoms with Crippen molar-refractivity contribution in [3.8, 4) is 0 Å². The SMILES string of the molecule is CC1CCC(n2ccc3c(Cl)cc(Cl)cc32)CC1. The van der Waals surface area contributed by atoms with Crippen LogP contribution >= 0.6 is 23.2 Å². The maximum atomic E-state index is 6.24. The third kappa shape index (κ3) is 2.15. The van der Waals surface area contributed by atoms with Gasteiger partial charge in [0.1, 0.15) is 0 Å². The maximum absolute atomic E-state index is 6.24. The summed E-state index contributed by atoms with van der Waals surface area (Å²) in [5, 5.41) is 2.58. The Balaban J connectivity index is 2.02.